The summed E-state index contributed by atoms with van der Waals surface area (Å²) >= 11 is 2.88. The number of pyridine rings is 1. The molecule has 0 fully saturated rings. The van der Waals surface area contributed by atoms with Crippen LogP contribution in [0.1, 0.15) is 17.3 Å². The number of thiophene rings is 1. The Morgan fingerprint density at radius 2 is 1.94 bits per heavy atom. The minimum atomic E-state index is -0.445. The number of hydrogen-bond donors (Lipinski definition) is 0. The van der Waals surface area contributed by atoms with Crippen molar-refractivity contribution in [2.24, 2.45) is 4.99 Å². The smallest absolute Gasteiger partial charge is 0.325 e. The number of ether oxygens (including phenoxy) is 2. The van der Waals surface area contributed by atoms with Gasteiger partial charge in [-0.15, -0.1) is 11.3 Å². The zero-order valence-corrected chi connectivity index (χ0v) is 20.7. The number of para-hydroxylation sites is 2. The third kappa shape index (κ3) is 4.48. The van der Waals surface area contributed by atoms with Gasteiger partial charge in [0, 0.05) is 5.39 Å². The summed E-state index contributed by atoms with van der Waals surface area (Å²) in [6, 6.07) is 18.8. The lowest BCUT2D eigenvalue weighted by Crippen LogP contribution is -2.22. The van der Waals surface area contributed by atoms with Crippen LogP contribution in [0.15, 0.2) is 71.0 Å². The normalized spacial score (nSPS) is 11.8. The number of carbonyl (C=O) groups excluding carboxylic acids is 2. The summed E-state index contributed by atoms with van der Waals surface area (Å²) in [7, 11) is 1.33. The van der Waals surface area contributed by atoms with E-state index in [-0.39, 0.29) is 6.54 Å². The zero-order valence-electron chi connectivity index (χ0n) is 19.1. The minimum Gasteiger partial charge on any atom is -0.492 e. The zero-order chi connectivity index (χ0) is 24.4. The van der Waals surface area contributed by atoms with Crippen molar-refractivity contribution in [2.75, 3.05) is 13.7 Å². The van der Waals surface area contributed by atoms with Gasteiger partial charge in [-0.2, -0.15) is 4.99 Å². The Morgan fingerprint density at radius 3 is 2.71 bits per heavy atom. The van der Waals surface area contributed by atoms with Gasteiger partial charge in [0.1, 0.15) is 17.8 Å². The molecule has 5 aromatic rings. The number of amides is 1. The molecule has 0 saturated carbocycles. The molecule has 176 valence electrons. The number of carbonyl (C=O) groups is 2. The average molecular weight is 504 g/mol. The first-order valence-corrected chi connectivity index (χ1v) is 12.6. The molecular formula is C26H21N3O4S2. The van der Waals surface area contributed by atoms with E-state index in [0.717, 1.165) is 26.2 Å². The van der Waals surface area contributed by atoms with E-state index in [1.165, 1.54) is 18.4 Å². The average Bonchev–Trinajstić information content (AvgIpc) is 3.53. The summed E-state index contributed by atoms with van der Waals surface area (Å²) in [6.45, 7) is 2.27. The quantitative estimate of drug-likeness (QED) is 0.294. The molecule has 0 aliphatic carbocycles. The first-order valence-electron chi connectivity index (χ1n) is 10.9. The van der Waals surface area contributed by atoms with Crippen LogP contribution in [0.5, 0.6) is 5.75 Å². The van der Waals surface area contributed by atoms with Crippen LogP contribution >= 0.6 is 22.7 Å². The maximum atomic E-state index is 13.6. The Balaban J connectivity index is 1.71. The van der Waals surface area contributed by atoms with Gasteiger partial charge in [-0.25, -0.2) is 4.98 Å². The fraction of sp³-hybridized carbons (Fsp3) is 0.154. The van der Waals surface area contributed by atoms with Crippen molar-refractivity contribution >= 4 is 55.7 Å². The number of hydrogen-bond acceptors (Lipinski definition) is 7. The van der Waals surface area contributed by atoms with Gasteiger partial charge >= 0.3 is 5.97 Å². The summed E-state index contributed by atoms with van der Waals surface area (Å²) in [5.74, 6) is -0.239. The summed E-state index contributed by atoms with van der Waals surface area (Å²) in [4.78, 5) is 36.4. The molecule has 0 unspecified atom stereocenters. The van der Waals surface area contributed by atoms with Crippen LogP contribution in [0.25, 0.3) is 31.7 Å². The highest BCUT2D eigenvalue weighted by molar-refractivity contribution is 7.16. The lowest BCUT2D eigenvalue weighted by molar-refractivity contribution is -0.141. The molecular weight excluding hydrogens is 482 g/mol. The van der Waals surface area contributed by atoms with Crippen molar-refractivity contribution in [3.8, 4) is 16.3 Å². The maximum Gasteiger partial charge on any atom is 0.325 e. The van der Waals surface area contributed by atoms with Crippen LogP contribution in [0.3, 0.4) is 0 Å². The van der Waals surface area contributed by atoms with Gasteiger partial charge < -0.3 is 14.0 Å². The standard InChI is InChI=1S/C26H21N3O4S2/c1-3-33-20-10-6-11-22-24(20)29(15-23(30)32-2)26(35-22)28-25(31)17-14-19(21-12-7-13-34-21)27-18-9-5-4-8-16(17)18/h4-14H,3,15H2,1-2H3. The second kappa shape index (κ2) is 9.81. The number of esters is 1. The summed E-state index contributed by atoms with van der Waals surface area (Å²) < 4.78 is 13.2. The van der Waals surface area contributed by atoms with Crippen LogP contribution in [0.2, 0.25) is 0 Å². The maximum absolute atomic E-state index is 13.6. The molecule has 0 saturated heterocycles. The Kier molecular flexibility index (Phi) is 6.43. The van der Waals surface area contributed by atoms with Gasteiger partial charge in [0.15, 0.2) is 4.80 Å². The highest BCUT2D eigenvalue weighted by Crippen LogP contribution is 2.30. The molecule has 2 aromatic carbocycles. The molecule has 0 atom stereocenters. The fourth-order valence-electron chi connectivity index (χ4n) is 3.85. The lowest BCUT2D eigenvalue weighted by Gasteiger charge is -2.09. The predicted molar refractivity (Wildman–Crippen MR) is 138 cm³/mol. The molecule has 0 radical (unpaired) electrons. The van der Waals surface area contributed by atoms with E-state index < -0.39 is 11.9 Å². The molecule has 0 aliphatic heterocycles. The Hall–Kier alpha value is -3.82. The summed E-state index contributed by atoms with van der Waals surface area (Å²) in [6.07, 6.45) is 0. The van der Waals surface area contributed by atoms with Gasteiger partial charge in [0.25, 0.3) is 5.91 Å². The fourth-order valence-corrected chi connectivity index (χ4v) is 5.58. The van der Waals surface area contributed by atoms with Gasteiger partial charge in [0.2, 0.25) is 0 Å². The molecule has 3 aromatic heterocycles. The lowest BCUT2D eigenvalue weighted by atomic mass is 10.1. The van der Waals surface area contributed by atoms with E-state index in [4.69, 9.17) is 14.5 Å². The Labute approximate surface area is 208 Å². The van der Waals surface area contributed by atoms with Crippen molar-refractivity contribution in [3.05, 3.63) is 76.4 Å². The number of aromatic nitrogens is 2. The number of fused-ring (bicyclic) bond motifs is 2. The van der Waals surface area contributed by atoms with E-state index in [9.17, 15) is 9.59 Å². The monoisotopic (exact) mass is 503 g/mol. The van der Waals surface area contributed by atoms with Crippen LogP contribution in [-0.2, 0) is 16.1 Å². The molecule has 0 bridgehead atoms. The van der Waals surface area contributed by atoms with E-state index in [2.05, 4.69) is 4.99 Å². The second-order valence-electron chi connectivity index (χ2n) is 7.55. The van der Waals surface area contributed by atoms with Crippen molar-refractivity contribution in [1.29, 1.82) is 0 Å². The Bertz CT molecular complexity index is 1620. The molecule has 0 aliphatic rings. The largest absolute Gasteiger partial charge is 0.492 e. The Morgan fingerprint density at radius 1 is 1.09 bits per heavy atom. The van der Waals surface area contributed by atoms with E-state index in [1.807, 2.05) is 66.9 Å². The first-order chi connectivity index (χ1) is 17.1. The summed E-state index contributed by atoms with van der Waals surface area (Å²) in [5.41, 5.74) is 2.59. The first kappa shape index (κ1) is 22.9. The van der Waals surface area contributed by atoms with Crippen molar-refractivity contribution in [2.45, 2.75) is 13.5 Å². The van der Waals surface area contributed by atoms with Crippen molar-refractivity contribution in [1.82, 2.24) is 9.55 Å². The molecule has 7 nitrogen and oxygen atoms in total. The van der Waals surface area contributed by atoms with Crippen molar-refractivity contribution in [3.63, 3.8) is 0 Å². The third-order valence-electron chi connectivity index (χ3n) is 5.40. The van der Waals surface area contributed by atoms with Gasteiger partial charge in [0.05, 0.1) is 40.1 Å². The second-order valence-corrected chi connectivity index (χ2v) is 9.51. The third-order valence-corrected chi connectivity index (χ3v) is 7.33. The minimum absolute atomic E-state index is 0.0930. The van der Waals surface area contributed by atoms with Crippen LogP contribution < -0.4 is 9.54 Å². The topological polar surface area (TPSA) is 82.8 Å². The molecule has 0 spiro atoms. The number of thiazole rings is 1. The molecule has 35 heavy (non-hydrogen) atoms. The van der Waals surface area contributed by atoms with Gasteiger partial charge in [-0.05, 0) is 42.6 Å². The molecule has 0 N–H and O–H groups in total. The van der Waals surface area contributed by atoms with E-state index >= 15 is 0 Å². The predicted octanol–water partition coefficient (Wildman–Crippen LogP) is 5.29. The van der Waals surface area contributed by atoms with E-state index in [1.54, 1.807) is 22.0 Å². The SMILES string of the molecule is CCOc1cccc2sc(=NC(=O)c3cc(-c4cccs4)nc4ccccc34)n(CC(=O)OC)c12. The van der Waals surface area contributed by atoms with Crippen LogP contribution in [0.4, 0.5) is 0 Å². The number of rotatable bonds is 6. The van der Waals surface area contributed by atoms with Crippen LogP contribution in [0, 0.1) is 0 Å². The van der Waals surface area contributed by atoms with Gasteiger partial charge in [-0.1, -0.05) is 41.7 Å². The van der Waals surface area contributed by atoms with Crippen LogP contribution in [-0.4, -0.2) is 35.1 Å². The number of methoxy groups -OCH3 is 1. The molecule has 5 rings (SSSR count). The summed E-state index contributed by atoms with van der Waals surface area (Å²) in [5, 5.41) is 2.69. The number of nitrogens with zero attached hydrogens (tertiary/aromatic N) is 3. The highest BCUT2D eigenvalue weighted by atomic mass is 32.1. The molecule has 3 heterocycles. The molecule has 1 amide bonds. The molecule has 9 heteroatoms. The highest BCUT2D eigenvalue weighted by Gasteiger charge is 2.18. The van der Waals surface area contributed by atoms with Crippen molar-refractivity contribution < 1.29 is 19.1 Å². The van der Waals surface area contributed by atoms with Gasteiger partial charge in [-0.3, -0.25) is 9.59 Å². The van der Waals surface area contributed by atoms with E-state index in [0.29, 0.717) is 28.2 Å². The number of benzene rings is 2.